The van der Waals surface area contributed by atoms with Gasteiger partial charge in [0.05, 0.1) is 4.92 Å². The molecule has 5 aromatic carbocycles. The van der Waals surface area contributed by atoms with E-state index in [9.17, 15) is 28.9 Å². The number of carbonyl (C=O) groups is 3. The number of hydrogen-bond donors (Lipinski definition) is 1. The van der Waals surface area contributed by atoms with Crippen molar-refractivity contribution >= 4 is 34.2 Å². The van der Waals surface area contributed by atoms with Gasteiger partial charge in [0.1, 0.15) is 24.2 Å². The van der Waals surface area contributed by atoms with Crippen molar-refractivity contribution in [2.45, 2.75) is 25.6 Å². The van der Waals surface area contributed by atoms with Crippen molar-refractivity contribution in [3.63, 3.8) is 0 Å². The quantitative estimate of drug-likeness (QED) is 0.178. The molecule has 1 saturated heterocycles. The Morgan fingerprint density at radius 3 is 2.40 bits per heavy atom. The lowest BCUT2D eigenvalue weighted by atomic mass is 10.0. The molecular formula is C40H36FN5O6. The first kappa shape index (κ1) is 34.3. The van der Waals surface area contributed by atoms with E-state index in [2.05, 4.69) is 10.2 Å². The molecule has 11 nitrogen and oxygen atoms in total. The summed E-state index contributed by atoms with van der Waals surface area (Å²) in [6.45, 7) is 2.36. The highest BCUT2D eigenvalue weighted by atomic mass is 19.1. The van der Waals surface area contributed by atoms with Crippen molar-refractivity contribution in [1.29, 1.82) is 0 Å². The number of hydrogen-bond acceptors (Lipinski definition) is 7. The number of rotatable bonds is 6. The van der Waals surface area contributed by atoms with Crippen LogP contribution in [0.2, 0.25) is 0 Å². The van der Waals surface area contributed by atoms with Gasteiger partial charge in [-0.15, -0.1) is 0 Å². The molecule has 1 N–H and O–H groups in total. The fraction of sp³-hybridized carbons (Fsp3) is 0.225. The average molecular weight is 702 g/mol. The van der Waals surface area contributed by atoms with Crippen LogP contribution in [-0.4, -0.2) is 76.1 Å². The molecular weight excluding hydrogens is 665 g/mol. The van der Waals surface area contributed by atoms with Gasteiger partial charge in [0.15, 0.2) is 0 Å². The van der Waals surface area contributed by atoms with Gasteiger partial charge in [-0.1, -0.05) is 66.7 Å². The highest BCUT2D eigenvalue weighted by Crippen LogP contribution is 2.34. The number of halogens is 1. The van der Waals surface area contributed by atoms with Crippen molar-refractivity contribution < 1.29 is 28.4 Å². The predicted molar refractivity (Wildman–Crippen MR) is 192 cm³/mol. The monoisotopic (exact) mass is 701 g/mol. The number of amides is 3. The standard InChI is InChI=1S/C40H36FN5O6/c41-32-14-11-27(12-15-32)24-43-17-19-44(20-18-43)40(49)35-22-28-5-3-9-33(21-28)52-37-23-30(13-16-36(37)46(50)51)39(48)45(26-38(47)42-35)25-31-8-4-7-29-6-1-2-10-34(29)31/h1-16,21,23,35H,17-20,22,24-26H2,(H,42,47). The van der Waals surface area contributed by atoms with Crippen molar-refractivity contribution in [1.82, 2.24) is 20.0 Å². The first-order valence-electron chi connectivity index (χ1n) is 17.1. The highest BCUT2D eigenvalue weighted by molar-refractivity contribution is 5.98. The van der Waals surface area contributed by atoms with Gasteiger partial charge in [0.25, 0.3) is 5.91 Å². The molecule has 5 aromatic rings. The Morgan fingerprint density at radius 2 is 1.62 bits per heavy atom. The minimum absolute atomic E-state index is 0.0639. The Hall–Kier alpha value is -6.14. The molecule has 1 fully saturated rings. The summed E-state index contributed by atoms with van der Waals surface area (Å²) in [5.74, 6) is -1.45. The largest absolute Gasteiger partial charge is 0.450 e. The lowest BCUT2D eigenvalue weighted by Crippen LogP contribution is -2.56. The van der Waals surface area contributed by atoms with Gasteiger partial charge in [-0.25, -0.2) is 4.39 Å². The van der Waals surface area contributed by atoms with Crippen molar-refractivity contribution in [3.8, 4) is 11.5 Å². The number of fused-ring (bicyclic) bond motifs is 5. The Balaban J connectivity index is 1.18. The molecule has 0 radical (unpaired) electrons. The SMILES string of the molecule is O=C1CN(Cc2cccc3ccccc23)C(=O)c2ccc([N+](=O)[O-])c(c2)Oc2cccc(c2)CC(C(=O)N2CCN(Cc3ccc(F)cc3)CC2)N1. The summed E-state index contributed by atoms with van der Waals surface area (Å²) in [4.78, 5) is 58.9. The molecule has 0 aromatic heterocycles. The molecule has 2 heterocycles. The van der Waals surface area contributed by atoms with Crippen LogP contribution in [0, 0.1) is 15.9 Å². The van der Waals surface area contributed by atoms with E-state index >= 15 is 0 Å². The molecule has 52 heavy (non-hydrogen) atoms. The molecule has 2 aliphatic rings. The molecule has 0 spiro atoms. The van der Waals surface area contributed by atoms with Gasteiger partial charge < -0.3 is 19.9 Å². The number of carbonyl (C=O) groups excluding carboxylic acids is 3. The van der Waals surface area contributed by atoms with E-state index in [4.69, 9.17) is 4.74 Å². The molecule has 7 rings (SSSR count). The average Bonchev–Trinajstić information content (AvgIpc) is 3.15. The summed E-state index contributed by atoms with van der Waals surface area (Å²) in [5.41, 5.74) is 2.23. The second-order valence-electron chi connectivity index (χ2n) is 13.0. The summed E-state index contributed by atoms with van der Waals surface area (Å²) in [7, 11) is 0. The number of ether oxygens (including phenoxy) is 1. The topological polar surface area (TPSA) is 125 Å². The Labute approximate surface area is 299 Å². The third-order valence-electron chi connectivity index (χ3n) is 9.47. The maximum atomic E-state index is 14.2. The summed E-state index contributed by atoms with van der Waals surface area (Å²) < 4.78 is 19.4. The van der Waals surface area contributed by atoms with E-state index in [0.29, 0.717) is 38.3 Å². The van der Waals surface area contributed by atoms with Gasteiger partial charge in [0.2, 0.25) is 17.6 Å². The van der Waals surface area contributed by atoms with E-state index in [0.717, 1.165) is 21.9 Å². The van der Waals surface area contributed by atoms with E-state index < -0.39 is 22.8 Å². The lowest BCUT2D eigenvalue weighted by Gasteiger charge is -2.36. The highest BCUT2D eigenvalue weighted by Gasteiger charge is 2.31. The molecule has 3 amide bonds. The van der Waals surface area contributed by atoms with Crippen LogP contribution in [-0.2, 0) is 29.1 Å². The molecule has 264 valence electrons. The van der Waals surface area contributed by atoms with Crippen LogP contribution in [0.5, 0.6) is 11.5 Å². The first-order chi connectivity index (χ1) is 25.2. The van der Waals surface area contributed by atoms with Crippen molar-refractivity contribution in [2.24, 2.45) is 0 Å². The number of nitrogens with one attached hydrogen (secondary N) is 1. The fourth-order valence-corrected chi connectivity index (χ4v) is 6.80. The fourth-order valence-electron chi connectivity index (χ4n) is 6.80. The minimum Gasteiger partial charge on any atom is -0.450 e. The zero-order chi connectivity index (χ0) is 36.2. The molecule has 1 atom stereocenters. The lowest BCUT2D eigenvalue weighted by molar-refractivity contribution is -0.385. The Kier molecular flexibility index (Phi) is 9.90. The van der Waals surface area contributed by atoms with Crippen LogP contribution in [0.4, 0.5) is 10.1 Å². The smallest absolute Gasteiger partial charge is 0.311 e. The maximum absolute atomic E-state index is 14.2. The number of piperazine rings is 1. The zero-order valence-corrected chi connectivity index (χ0v) is 28.2. The molecule has 2 aliphatic heterocycles. The Bertz CT molecular complexity index is 2150. The molecule has 0 saturated carbocycles. The second kappa shape index (κ2) is 15.0. The van der Waals surface area contributed by atoms with E-state index in [1.54, 1.807) is 41.3 Å². The van der Waals surface area contributed by atoms with Crippen molar-refractivity contribution in [3.05, 3.63) is 147 Å². The van der Waals surface area contributed by atoms with Gasteiger partial charge in [-0.2, -0.15) is 0 Å². The molecule has 12 heteroatoms. The van der Waals surface area contributed by atoms with Crippen LogP contribution < -0.4 is 10.1 Å². The summed E-state index contributed by atoms with van der Waals surface area (Å²) >= 11 is 0. The van der Waals surface area contributed by atoms with E-state index in [1.807, 2.05) is 42.5 Å². The maximum Gasteiger partial charge on any atom is 0.311 e. The van der Waals surface area contributed by atoms with E-state index in [-0.39, 0.29) is 54.0 Å². The normalized spacial score (nSPS) is 16.9. The molecule has 1 unspecified atom stereocenters. The van der Waals surface area contributed by atoms with Gasteiger partial charge in [-0.05, 0) is 57.8 Å². The summed E-state index contributed by atoms with van der Waals surface area (Å²) in [6, 6.07) is 29.6. The molecule has 0 aliphatic carbocycles. The number of nitro benzene ring substituents is 1. The third kappa shape index (κ3) is 7.77. The number of nitro groups is 1. The first-order valence-corrected chi connectivity index (χ1v) is 17.1. The summed E-state index contributed by atoms with van der Waals surface area (Å²) in [5, 5.41) is 16.8. The van der Waals surface area contributed by atoms with Crippen LogP contribution in [0.25, 0.3) is 10.8 Å². The van der Waals surface area contributed by atoms with Gasteiger partial charge in [-0.3, -0.25) is 29.4 Å². The number of nitrogens with zero attached hydrogens (tertiary/aromatic N) is 4. The van der Waals surface area contributed by atoms with Crippen LogP contribution in [0.1, 0.15) is 27.0 Å². The van der Waals surface area contributed by atoms with Crippen molar-refractivity contribution in [2.75, 3.05) is 32.7 Å². The second-order valence-corrected chi connectivity index (χ2v) is 13.0. The molecule has 4 bridgehead atoms. The number of benzene rings is 5. The minimum atomic E-state index is -0.962. The third-order valence-corrected chi connectivity index (χ3v) is 9.47. The zero-order valence-electron chi connectivity index (χ0n) is 28.2. The van der Waals surface area contributed by atoms with Crippen LogP contribution >= 0.6 is 0 Å². The Morgan fingerprint density at radius 1 is 0.865 bits per heavy atom. The summed E-state index contributed by atoms with van der Waals surface area (Å²) in [6.07, 6.45) is 0.122. The van der Waals surface area contributed by atoms with Gasteiger partial charge >= 0.3 is 5.69 Å². The van der Waals surface area contributed by atoms with Crippen LogP contribution in [0.15, 0.2) is 109 Å². The van der Waals surface area contributed by atoms with Crippen LogP contribution in [0.3, 0.4) is 0 Å². The van der Waals surface area contributed by atoms with Gasteiger partial charge in [0, 0.05) is 63.4 Å². The van der Waals surface area contributed by atoms with E-state index in [1.165, 1.54) is 35.2 Å². The predicted octanol–water partition coefficient (Wildman–Crippen LogP) is 5.71.